The molecule has 0 saturated heterocycles. The van der Waals surface area contributed by atoms with E-state index < -0.39 is 15.8 Å². The molecule has 0 heterocycles. The lowest BCUT2D eigenvalue weighted by Gasteiger charge is -2.26. The van der Waals surface area contributed by atoms with Crippen molar-refractivity contribution >= 4 is 10.0 Å². The molecule has 4 nitrogen and oxygen atoms in total. The average Bonchev–Trinajstić information content (AvgIpc) is 2.24. The molecule has 0 radical (unpaired) electrons. The zero-order chi connectivity index (χ0) is 12.5. The Morgan fingerprint density at radius 1 is 1.41 bits per heavy atom. The van der Waals surface area contributed by atoms with Crippen LogP contribution in [-0.4, -0.2) is 14.5 Å². The van der Waals surface area contributed by atoms with Gasteiger partial charge in [-0.2, -0.15) is 0 Å². The summed E-state index contributed by atoms with van der Waals surface area (Å²) in [6.07, 6.45) is 2.71. The van der Waals surface area contributed by atoms with Crippen molar-refractivity contribution in [2.75, 3.05) is 0 Å². The Balaban J connectivity index is 2.33. The molecule has 1 fully saturated rings. The highest BCUT2D eigenvalue weighted by Crippen LogP contribution is 2.23. The van der Waals surface area contributed by atoms with Crippen LogP contribution in [-0.2, 0) is 16.6 Å². The highest BCUT2D eigenvalue weighted by molar-refractivity contribution is 7.89. The third-order valence-corrected chi connectivity index (χ3v) is 4.57. The average molecular weight is 258 g/mol. The number of sulfonamides is 1. The summed E-state index contributed by atoms with van der Waals surface area (Å²) in [5.74, 6) is -0.573. The maximum absolute atomic E-state index is 13.1. The summed E-state index contributed by atoms with van der Waals surface area (Å²) < 4.78 is 39.7. The molecule has 0 aliphatic heterocycles. The second kappa shape index (κ2) is 4.72. The van der Waals surface area contributed by atoms with Crippen LogP contribution in [0.2, 0.25) is 0 Å². The van der Waals surface area contributed by atoms with Crippen molar-refractivity contribution in [3.05, 3.63) is 29.6 Å². The van der Waals surface area contributed by atoms with E-state index in [9.17, 15) is 12.8 Å². The van der Waals surface area contributed by atoms with Crippen LogP contribution in [0.1, 0.15) is 24.8 Å². The van der Waals surface area contributed by atoms with Crippen LogP contribution in [0.5, 0.6) is 0 Å². The van der Waals surface area contributed by atoms with Gasteiger partial charge in [0.15, 0.2) is 0 Å². The van der Waals surface area contributed by atoms with Crippen molar-refractivity contribution in [2.45, 2.75) is 36.7 Å². The molecule has 1 aromatic rings. The Hall–Kier alpha value is -0.980. The van der Waals surface area contributed by atoms with Gasteiger partial charge in [-0.05, 0) is 30.5 Å². The quantitative estimate of drug-likeness (QED) is 0.850. The van der Waals surface area contributed by atoms with Gasteiger partial charge >= 0.3 is 0 Å². The molecular formula is C11H15FN2O2S. The van der Waals surface area contributed by atoms with Crippen molar-refractivity contribution in [2.24, 2.45) is 5.73 Å². The van der Waals surface area contributed by atoms with Crippen molar-refractivity contribution in [3.8, 4) is 0 Å². The molecule has 0 amide bonds. The van der Waals surface area contributed by atoms with Crippen molar-refractivity contribution in [3.63, 3.8) is 0 Å². The molecule has 94 valence electrons. The van der Waals surface area contributed by atoms with E-state index in [2.05, 4.69) is 4.72 Å². The molecule has 0 unspecified atom stereocenters. The second-order valence-electron chi connectivity index (χ2n) is 4.21. The molecule has 0 atom stereocenters. The van der Waals surface area contributed by atoms with Crippen LogP contribution in [0.15, 0.2) is 23.1 Å². The Labute approximate surface area is 100 Å². The number of benzene rings is 1. The predicted octanol–water partition coefficient (Wildman–Crippen LogP) is 1.12. The van der Waals surface area contributed by atoms with Gasteiger partial charge in [0, 0.05) is 12.6 Å². The third kappa shape index (κ3) is 2.65. The Morgan fingerprint density at radius 3 is 2.65 bits per heavy atom. The molecule has 2 rings (SSSR count). The largest absolute Gasteiger partial charge is 0.326 e. The normalized spacial score (nSPS) is 16.8. The monoisotopic (exact) mass is 258 g/mol. The molecule has 1 saturated carbocycles. The highest BCUT2D eigenvalue weighted by Gasteiger charge is 2.26. The number of hydrogen-bond donors (Lipinski definition) is 2. The lowest BCUT2D eigenvalue weighted by atomic mass is 9.94. The zero-order valence-electron chi connectivity index (χ0n) is 9.32. The second-order valence-corrected chi connectivity index (χ2v) is 5.89. The van der Waals surface area contributed by atoms with Crippen LogP contribution in [0, 0.1) is 5.82 Å². The third-order valence-electron chi connectivity index (χ3n) is 2.97. The van der Waals surface area contributed by atoms with Gasteiger partial charge in [-0.3, -0.25) is 0 Å². The van der Waals surface area contributed by atoms with Gasteiger partial charge in [0.2, 0.25) is 10.0 Å². The van der Waals surface area contributed by atoms with E-state index >= 15 is 0 Å². The lowest BCUT2D eigenvalue weighted by Crippen LogP contribution is -2.39. The molecule has 0 bridgehead atoms. The first-order valence-electron chi connectivity index (χ1n) is 5.54. The van der Waals surface area contributed by atoms with E-state index in [1.54, 1.807) is 0 Å². The summed E-state index contributed by atoms with van der Waals surface area (Å²) >= 11 is 0. The minimum Gasteiger partial charge on any atom is -0.326 e. The van der Waals surface area contributed by atoms with E-state index in [4.69, 9.17) is 5.73 Å². The first-order chi connectivity index (χ1) is 8.03. The molecule has 17 heavy (non-hydrogen) atoms. The lowest BCUT2D eigenvalue weighted by molar-refractivity contribution is 0.383. The zero-order valence-corrected chi connectivity index (χ0v) is 10.1. The smallest absolute Gasteiger partial charge is 0.241 e. The summed E-state index contributed by atoms with van der Waals surface area (Å²) in [5.41, 5.74) is 5.89. The number of halogens is 1. The summed E-state index contributed by atoms with van der Waals surface area (Å²) in [7, 11) is -3.66. The molecule has 1 aliphatic carbocycles. The maximum Gasteiger partial charge on any atom is 0.241 e. The van der Waals surface area contributed by atoms with Crippen LogP contribution in [0.3, 0.4) is 0 Å². The van der Waals surface area contributed by atoms with E-state index in [-0.39, 0.29) is 17.5 Å². The Bertz CT molecular complexity index is 512. The van der Waals surface area contributed by atoms with Crippen LogP contribution >= 0.6 is 0 Å². The van der Waals surface area contributed by atoms with Gasteiger partial charge in [0.1, 0.15) is 5.82 Å². The van der Waals surface area contributed by atoms with Crippen molar-refractivity contribution < 1.29 is 12.8 Å². The minimum atomic E-state index is -3.66. The van der Waals surface area contributed by atoms with E-state index in [1.165, 1.54) is 12.1 Å². The van der Waals surface area contributed by atoms with Gasteiger partial charge in [0.25, 0.3) is 0 Å². The van der Waals surface area contributed by atoms with Gasteiger partial charge in [-0.15, -0.1) is 0 Å². The number of rotatable bonds is 4. The van der Waals surface area contributed by atoms with Gasteiger partial charge in [-0.25, -0.2) is 17.5 Å². The SMILES string of the molecule is NCc1ccc(F)cc1S(=O)(=O)NC1CCC1. The van der Waals surface area contributed by atoms with Crippen LogP contribution in [0.4, 0.5) is 4.39 Å². The topological polar surface area (TPSA) is 72.2 Å². The van der Waals surface area contributed by atoms with Crippen LogP contribution in [0.25, 0.3) is 0 Å². The molecule has 0 aromatic heterocycles. The fraction of sp³-hybridized carbons (Fsp3) is 0.455. The molecule has 3 N–H and O–H groups in total. The van der Waals surface area contributed by atoms with E-state index in [1.807, 2.05) is 0 Å². The maximum atomic E-state index is 13.1. The Morgan fingerprint density at radius 2 is 2.12 bits per heavy atom. The van der Waals surface area contributed by atoms with Crippen molar-refractivity contribution in [1.29, 1.82) is 0 Å². The molecule has 1 aliphatic rings. The van der Waals surface area contributed by atoms with Gasteiger partial charge in [-0.1, -0.05) is 12.5 Å². The first-order valence-corrected chi connectivity index (χ1v) is 7.02. The number of nitrogens with one attached hydrogen (secondary N) is 1. The molecule has 0 spiro atoms. The fourth-order valence-corrected chi connectivity index (χ4v) is 3.32. The molecule has 6 heteroatoms. The summed E-state index contributed by atoms with van der Waals surface area (Å²) in [4.78, 5) is -0.0492. The van der Waals surface area contributed by atoms with E-state index in [0.29, 0.717) is 5.56 Å². The van der Waals surface area contributed by atoms with Gasteiger partial charge < -0.3 is 5.73 Å². The van der Waals surface area contributed by atoms with Crippen molar-refractivity contribution in [1.82, 2.24) is 4.72 Å². The standard InChI is InChI=1S/C11H15FN2O2S/c12-9-5-4-8(7-13)11(6-9)17(15,16)14-10-2-1-3-10/h4-6,10,14H,1-3,7,13H2. The molecular weight excluding hydrogens is 243 g/mol. The summed E-state index contributed by atoms with van der Waals surface area (Å²) in [5, 5.41) is 0. The van der Waals surface area contributed by atoms with Gasteiger partial charge in [0.05, 0.1) is 4.90 Å². The van der Waals surface area contributed by atoms with E-state index in [0.717, 1.165) is 25.3 Å². The van der Waals surface area contributed by atoms with Crippen LogP contribution < -0.4 is 10.5 Å². The predicted molar refractivity (Wildman–Crippen MR) is 62.3 cm³/mol. The Kier molecular flexibility index (Phi) is 3.46. The summed E-state index contributed by atoms with van der Waals surface area (Å²) in [6.45, 7) is 0.0706. The minimum absolute atomic E-state index is 0.0195. The molecule has 1 aromatic carbocycles. The summed E-state index contributed by atoms with van der Waals surface area (Å²) in [6, 6.07) is 3.62. The highest BCUT2D eigenvalue weighted by atomic mass is 32.2. The number of hydrogen-bond acceptors (Lipinski definition) is 3. The first kappa shape index (κ1) is 12.5. The number of nitrogens with two attached hydrogens (primary N) is 1. The fourth-order valence-electron chi connectivity index (χ4n) is 1.76.